The summed E-state index contributed by atoms with van der Waals surface area (Å²) < 4.78 is 5.59. The topological polar surface area (TPSA) is 120 Å². The monoisotopic (exact) mass is 582 g/mol. The van der Waals surface area contributed by atoms with Crippen molar-refractivity contribution in [3.63, 3.8) is 0 Å². The molecule has 0 saturated carbocycles. The molecule has 0 aliphatic heterocycles. The maximum absolute atomic E-state index is 10.2. The Bertz CT molecular complexity index is 1650. The van der Waals surface area contributed by atoms with Crippen LogP contribution in [-0.2, 0) is 13.2 Å². The number of aromatic nitrogens is 2. The number of benzene rings is 4. The van der Waals surface area contributed by atoms with Crippen molar-refractivity contribution < 1.29 is 20.1 Å². The third-order valence-electron chi connectivity index (χ3n) is 6.79. The van der Waals surface area contributed by atoms with Gasteiger partial charge in [0.2, 0.25) is 5.95 Å². The molecular weight excluding hydrogens is 548 g/mol. The van der Waals surface area contributed by atoms with Gasteiger partial charge in [0.1, 0.15) is 5.82 Å². The number of aliphatic hydroxyl groups is 2. The van der Waals surface area contributed by atoms with Crippen molar-refractivity contribution >= 4 is 34.4 Å². The van der Waals surface area contributed by atoms with Crippen molar-refractivity contribution in [3.05, 3.63) is 108 Å². The molecule has 0 bridgehead atoms. The zero-order valence-electron chi connectivity index (χ0n) is 23.3. The highest BCUT2D eigenvalue weighted by Gasteiger charge is 2.17. The first kappa shape index (κ1) is 29.2. The maximum atomic E-state index is 10.2. The molecule has 5 rings (SSSR count). The number of nitrogens with zero attached hydrogens (tertiary/aromatic N) is 2. The van der Waals surface area contributed by atoms with E-state index in [-0.39, 0.29) is 25.0 Å². The van der Waals surface area contributed by atoms with Gasteiger partial charge in [0.15, 0.2) is 11.5 Å². The fourth-order valence-corrected chi connectivity index (χ4v) is 5.74. The summed E-state index contributed by atoms with van der Waals surface area (Å²) in [5.41, 5.74) is 3.60. The van der Waals surface area contributed by atoms with Gasteiger partial charge in [-0.25, -0.2) is 4.98 Å². The number of hydrogen-bond donors (Lipinski definition) is 5. The Morgan fingerprint density at radius 2 is 1.57 bits per heavy atom. The van der Waals surface area contributed by atoms with Crippen LogP contribution >= 0.6 is 11.8 Å². The van der Waals surface area contributed by atoms with E-state index in [0.29, 0.717) is 37.1 Å². The quantitative estimate of drug-likeness (QED) is 0.106. The summed E-state index contributed by atoms with van der Waals surface area (Å²) in [7, 11) is 0. The van der Waals surface area contributed by atoms with Gasteiger partial charge in [-0.05, 0) is 66.4 Å². The molecule has 0 spiro atoms. The number of fused-ring (bicyclic) bond motifs is 1. The fraction of sp³-hybridized carbons (Fsp3) is 0.212. The second-order valence-corrected chi connectivity index (χ2v) is 10.7. The number of nitrogens with one attached hydrogen (secondary N) is 2. The number of ether oxygens (including phenoxy) is 1. The molecule has 5 aromatic rings. The first-order chi connectivity index (χ1) is 20.6. The van der Waals surface area contributed by atoms with Crippen LogP contribution in [0.15, 0.2) is 101 Å². The maximum Gasteiger partial charge on any atom is 0.225 e. The van der Waals surface area contributed by atoms with E-state index in [0.717, 1.165) is 37.4 Å². The van der Waals surface area contributed by atoms with Crippen LogP contribution in [0.5, 0.6) is 11.5 Å². The number of anilines is 2. The minimum absolute atomic E-state index is 0.0152. The third kappa shape index (κ3) is 6.94. The largest absolute Gasteiger partial charge is 0.504 e. The number of para-hydroxylation sites is 1. The predicted molar refractivity (Wildman–Crippen MR) is 167 cm³/mol. The van der Waals surface area contributed by atoms with Gasteiger partial charge in [-0.15, -0.1) is 0 Å². The molecule has 0 amide bonds. The molecular formula is C33H34N4O4S. The number of phenolic OH excluding ortho intramolecular Hbond substituents is 1. The van der Waals surface area contributed by atoms with E-state index in [1.54, 1.807) is 23.9 Å². The molecule has 0 aliphatic rings. The molecule has 5 N–H and O–H groups in total. The summed E-state index contributed by atoms with van der Waals surface area (Å²) in [5, 5.41) is 37.6. The summed E-state index contributed by atoms with van der Waals surface area (Å²) in [6.45, 7) is 2.74. The first-order valence-corrected chi connectivity index (χ1v) is 14.7. The van der Waals surface area contributed by atoms with Crippen molar-refractivity contribution in [2.24, 2.45) is 0 Å². The van der Waals surface area contributed by atoms with Crippen LogP contribution in [0.2, 0.25) is 0 Å². The first-order valence-electron chi connectivity index (χ1n) is 13.9. The summed E-state index contributed by atoms with van der Waals surface area (Å²) in [4.78, 5) is 11.7. The molecule has 1 atom stereocenters. The highest BCUT2D eigenvalue weighted by molar-refractivity contribution is 7.99. The minimum Gasteiger partial charge on any atom is -0.504 e. The van der Waals surface area contributed by atoms with Crippen LogP contribution in [0.1, 0.15) is 36.1 Å². The van der Waals surface area contributed by atoms with E-state index in [9.17, 15) is 15.3 Å². The van der Waals surface area contributed by atoms with Crippen molar-refractivity contribution in [3.8, 4) is 11.5 Å². The van der Waals surface area contributed by atoms with Crippen molar-refractivity contribution in [1.82, 2.24) is 9.97 Å². The Balaban J connectivity index is 1.42. The second kappa shape index (κ2) is 14.0. The van der Waals surface area contributed by atoms with Crippen molar-refractivity contribution in [1.29, 1.82) is 0 Å². The number of aromatic hydroxyl groups is 1. The lowest BCUT2D eigenvalue weighted by atomic mass is 10.0. The van der Waals surface area contributed by atoms with Gasteiger partial charge in [0.05, 0.1) is 24.8 Å². The van der Waals surface area contributed by atoms with Crippen LogP contribution in [0, 0.1) is 0 Å². The van der Waals surface area contributed by atoms with Crippen molar-refractivity contribution in [2.45, 2.75) is 42.3 Å². The minimum atomic E-state index is -0.287. The standard InChI is InChI=1S/C33H34N4O4S/c1-2-41-29-19-22(15-16-28(29)40)26(17-18-38)35-32-25-11-5-6-12-27(25)36-33(37-32)34-20-23-9-3-7-13-30(23)42-31-14-8-4-10-24(31)21-39/h3-16,19,26,38-40H,2,17-18,20-21H2,1H3,(H2,34,35,36,37). The molecule has 0 saturated heterocycles. The van der Waals surface area contributed by atoms with Crippen LogP contribution in [-0.4, -0.2) is 38.5 Å². The number of rotatable bonds is 13. The number of aliphatic hydroxyl groups excluding tert-OH is 2. The molecule has 0 radical (unpaired) electrons. The van der Waals surface area contributed by atoms with E-state index in [4.69, 9.17) is 14.7 Å². The Kier molecular flexibility index (Phi) is 9.76. The molecule has 9 heteroatoms. The average Bonchev–Trinajstić information content (AvgIpc) is 3.02. The molecule has 216 valence electrons. The van der Waals surface area contributed by atoms with Crippen LogP contribution in [0.3, 0.4) is 0 Å². The van der Waals surface area contributed by atoms with Gasteiger partial charge in [-0.2, -0.15) is 4.98 Å². The number of hydrogen-bond acceptors (Lipinski definition) is 9. The van der Waals surface area contributed by atoms with Gasteiger partial charge >= 0.3 is 0 Å². The lowest BCUT2D eigenvalue weighted by Crippen LogP contribution is -2.15. The summed E-state index contributed by atoms with van der Waals surface area (Å²) >= 11 is 1.62. The van der Waals surface area contributed by atoms with E-state index >= 15 is 0 Å². The molecule has 1 unspecified atom stereocenters. The van der Waals surface area contributed by atoms with Crippen LogP contribution in [0.4, 0.5) is 11.8 Å². The van der Waals surface area contributed by atoms with Gasteiger partial charge < -0.3 is 30.7 Å². The lowest BCUT2D eigenvalue weighted by Gasteiger charge is -2.21. The molecule has 8 nitrogen and oxygen atoms in total. The fourth-order valence-electron chi connectivity index (χ4n) is 4.68. The second-order valence-electron chi connectivity index (χ2n) is 9.61. The summed E-state index contributed by atoms with van der Waals surface area (Å²) in [6, 6.07) is 28.7. The summed E-state index contributed by atoms with van der Waals surface area (Å²) in [6.07, 6.45) is 0.428. The Morgan fingerprint density at radius 1 is 0.857 bits per heavy atom. The van der Waals surface area contributed by atoms with Gasteiger partial charge in [-0.3, -0.25) is 0 Å². The third-order valence-corrected chi connectivity index (χ3v) is 8.03. The smallest absolute Gasteiger partial charge is 0.225 e. The Labute approximate surface area is 249 Å². The average molecular weight is 583 g/mol. The zero-order chi connectivity index (χ0) is 29.3. The van der Waals surface area contributed by atoms with E-state index in [1.165, 1.54) is 0 Å². The molecule has 1 aromatic heterocycles. The highest BCUT2D eigenvalue weighted by Crippen LogP contribution is 2.35. The van der Waals surface area contributed by atoms with E-state index in [1.807, 2.05) is 73.7 Å². The molecule has 42 heavy (non-hydrogen) atoms. The molecule has 0 aliphatic carbocycles. The lowest BCUT2D eigenvalue weighted by molar-refractivity contribution is 0.279. The SMILES string of the molecule is CCOc1cc(C(CCO)Nc2nc(NCc3ccccc3Sc3ccccc3CO)nc3ccccc23)ccc1O. The normalized spacial score (nSPS) is 11.8. The van der Waals surface area contributed by atoms with Gasteiger partial charge in [-0.1, -0.05) is 66.4 Å². The Hall–Kier alpha value is -4.31. The van der Waals surface area contributed by atoms with E-state index < -0.39 is 0 Å². The van der Waals surface area contributed by atoms with Gasteiger partial charge in [0.25, 0.3) is 0 Å². The van der Waals surface area contributed by atoms with Crippen LogP contribution in [0.25, 0.3) is 10.9 Å². The highest BCUT2D eigenvalue weighted by atomic mass is 32.2. The predicted octanol–water partition coefficient (Wildman–Crippen LogP) is 6.53. The van der Waals surface area contributed by atoms with E-state index in [2.05, 4.69) is 22.8 Å². The van der Waals surface area contributed by atoms with Crippen LogP contribution < -0.4 is 15.4 Å². The van der Waals surface area contributed by atoms with Crippen molar-refractivity contribution in [2.75, 3.05) is 23.8 Å². The summed E-state index contributed by atoms with van der Waals surface area (Å²) in [5.74, 6) is 1.57. The van der Waals surface area contributed by atoms with Gasteiger partial charge in [0, 0.05) is 28.3 Å². The molecule has 4 aromatic carbocycles. The zero-order valence-corrected chi connectivity index (χ0v) is 24.1. The molecule has 1 heterocycles. The molecule has 0 fully saturated rings. The number of phenols is 1. The Morgan fingerprint density at radius 3 is 2.33 bits per heavy atom.